The van der Waals surface area contributed by atoms with E-state index in [0.717, 1.165) is 6.07 Å². The molecule has 8 heteroatoms. The molecule has 2 aromatic heterocycles. The molecule has 0 saturated heterocycles. The molecule has 3 aromatic rings. The molecule has 0 aliphatic heterocycles. The van der Waals surface area contributed by atoms with Crippen molar-refractivity contribution in [2.75, 3.05) is 0 Å². The van der Waals surface area contributed by atoms with Gasteiger partial charge in [0.2, 0.25) is 0 Å². The molecule has 0 bridgehead atoms. The minimum absolute atomic E-state index is 0.0137. The normalized spacial score (nSPS) is 11.3. The van der Waals surface area contributed by atoms with Crippen LogP contribution in [0, 0.1) is 18.3 Å². The number of benzene rings is 1. The van der Waals surface area contributed by atoms with E-state index in [4.69, 9.17) is 0 Å². The van der Waals surface area contributed by atoms with Crippen LogP contribution >= 0.6 is 0 Å². The number of nitriles is 1. The number of rotatable bonds is 3. The molecule has 5 nitrogen and oxygen atoms in total. The van der Waals surface area contributed by atoms with Crippen molar-refractivity contribution in [2.24, 2.45) is 0 Å². The van der Waals surface area contributed by atoms with Crippen LogP contribution in [0.5, 0.6) is 0 Å². The molecule has 0 atom stereocenters. The zero-order valence-corrected chi connectivity index (χ0v) is 13.1. The van der Waals surface area contributed by atoms with E-state index >= 15 is 0 Å². The molecule has 2 heterocycles. The fourth-order valence-electron chi connectivity index (χ4n) is 2.45. The van der Waals surface area contributed by atoms with Crippen molar-refractivity contribution in [1.82, 2.24) is 19.5 Å². The predicted molar refractivity (Wildman–Crippen MR) is 83.3 cm³/mol. The molecule has 0 spiro atoms. The Kier molecular flexibility index (Phi) is 4.23. The Bertz CT molecular complexity index is 953. The van der Waals surface area contributed by atoms with Gasteiger partial charge in [0.1, 0.15) is 17.3 Å². The van der Waals surface area contributed by atoms with Crippen LogP contribution in [-0.4, -0.2) is 19.5 Å². The molecule has 0 aliphatic rings. The average Bonchev–Trinajstić information content (AvgIpc) is 3.01. The predicted octanol–water partition coefficient (Wildman–Crippen LogP) is 3.59. The maximum atomic E-state index is 12.9. The van der Waals surface area contributed by atoms with E-state index < -0.39 is 11.9 Å². The van der Waals surface area contributed by atoms with Crippen molar-refractivity contribution in [2.45, 2.75) is 19.6 Å². The van der Waals surface area contributed by atoms with E-state index in [1.807, 2.05) is 0 Å². The summed E-state index contributed by atoms with van der Waals surface area (Å²) in [6, 6.07) is 9.86. The Labute approximate surface area is 141 Å². The summed E-state index contributed by atoms with van der Waals surface area (Å²) in [4.78, 5) is 11.9. The zero-order chi connectivity index (χ0) is 18.0. The smallest absolute Gasteiger partial charge is 0.323 e. The van der Waals surface area contributed by atoms with Crippen molar-refractivity contribution < 1.29 is 13.2 Å². The number of nitrogens with zero attached hydrogens (tertiary/aromatic N) is 5. The van der Waals surface area contributed by atoms with E-state index in [0.29, 0.717) is 17.0 Å². The molecule has 0 amide bonds. The third kappa shape index (κ3) is 3.50. The average molecular weight is 343 g/mol. The lowest BCUT2D eigenvalue weighted by Crippen LogP contribution is -2.14. The van der Waals surface area contributed by atoms with Crippen LogP contribution in [0.15, 0.2) is 42.7 Å². The lowest BCUT2D eigenvalue weighted by Gasteiger charge is -2.11. The summed E-state index contributed by atoms with van der Waals surface area (Å²) in [5.74, 6) is 0.497. The summed E-state index contributed by atoms with van der Waals surface area (Å²) in [5, 5.41) is 9.22. The van der Waals surface area contributed by atoms with Crippen LogP contribution in [-0.2, 0) is 12.7 Å². The van der Waals surface area contributed by atoms with Crippen molar-refractivity contribution in [1.29, 1.82) is 5.26 Å². The van der Waals surface area contributed by atoms with Gasteiger partial charge in [0.15, 0.2) is 0 Å². The van der Waals surface area contributed by atoms with Crippen molar-refractivity contribution in [3.05, 3.63) is 65.5 Å². The summed E-state index contributed by atoms with van der Waals surface area (Å²) >= 11 is 0. The highest BCUT2D eigenvalue weighted by Gasteiger charge is 2.33. The van der Waals surface area contributed by atoms with Crippen LogP contribution in [0.1, 0.15) is 22.8 Å². The minimum atomic E-state index is -4.53. The van der Waals surface area contributed by atoms with Gasteiger partial charge in [-0.15, -0.1) is 0 Å². The highest BCUT2D eigenvalue weighted by Crippen LogP contribution is 2.28. The molecule has 0 N–H and O–H groups in total. The molecule has 1 aromatic carbocycles. The second-order valence-corrected chi connectivity index (χ2v) is 5.34. The maximum absolute atomic E-state index is 12.9. The molecule has 0 fully saturated rings. The van der Waals surface area contributed by atoms with Gasteiger partial charge >= 0.3 is 6.18 Å². The number of imidazole rings is 1. The van der Waals surface area contributed by atoms with Crippen LogP contribution in [0.2, 0.25) is 0 Å². The fourth-order valence-corrected chi connectivity index (χ4v) is 2.45. The van der Waals surface area contributed by atoms with Crippen molar-refractivity contribution in [3.63, 3.8) is 0 Å². The molecule has 0 saturated carbocycles. The van der Waals surface area contributed by atoms with Crippen molar-refractivity contribution >= 4 is 0 Å². The van der Waals surface area contributed by atoms with Gasteiger partial charge in [-0.05, 0) is 25.1 Å². The van der Waals surface area contributed by atoms with E-state index in [-0.39, 0.29) is 18.1 Å². The lowest BCUT2D eigenvalue weighted by molar-refractivity contribution is -0.141. The second kappa shape index (κ2) is 6.36. The quantitative estimate of drug-likeness (QED) is 0.729. The van der Waals surface area contributed by atoms with Gasteiger partial charge in [0.05, 0.1) is 18.2 Å². The van der Waals surface area contributed by atoms with Crippen molar-refractivity contribution in [3.8, 4) is 17.5 Å². The SMILES string of the molecule is Cc1cc(C(F)(F)F)nc(Cn2ccnc2-c2ccccc2C#N)n1. The standard InChI is InChI=1S/C17H12F3N5/c1-11-8-14(17(18,19)20)24-15(23-11)10-25-7-6-22-16(25)13-5-3-2-4-12(13)9-21/h2-8H,10H2,1H3. The first kappa shape index (κ1) is 16.6. The first-order valence-corrected chi connectivity index (χ1v) is 7.31. The van der Waals surface area contributed by atoms with Gasteiger partial charge in [-0.25, -0.2) is 15.0 Å². The molecule has 0 unspecified atom stereocenters. The molecule has 0 aliphatic carbocycles. The van der Waals surface area contributed by atoms with Gasteiger partial charge < -0.3 is 4.57 Å². The summed E-state index contributed by atoms with van der Waals surface area (Å²) in [7, 11) is 0. The molecular weight excluding hydrogens is 331 g/mol. The Hall–Kier alpha value is -3.21. The minimum Gasteiger partial charge on any atom is -0.323 e. The van der Waals surface area contributed by atoms with E-state index in [2.05, 4.69) is 21.0 Å². The Balaban J connectivity index is 2.00. The fraction of sp³-hybridized carbons (Fsp3) is 0.176. The van der Waals surface area contributed by atoms with Gasteiger partial charge in [-0.2, -0.15) is 18.4 Å². The summed E-state index contributed by atoms with van der Waals surface area (Å²) in [5.41, 5.74) is 0.278. The molecular formula is C17H12F3N5. The molecule has 25 heavy (non-hydrogen) atoms. The van der Waals surface area contributed by atoms with Crippen LogP contribution < -0.4 is 0 Å². The number of aromatic nitrogens is 4. The summed E-state index contributed by atoms with van der Waals surface area (Å²) in [6.45, 7) is 1.50. The third-order valence-corrected chi connectivity index (χ3v) is 3.51. The van der Waals surface area contributed by atoms with Gasteiger partial charge in [-0.3, -0.25) is 0 Å². The second-order valence-electron chi connectivity index (χ2n) is 5.34. The van der Waals surface area contributed by atoms with Crippen LogP contribution in [0.3, 0.4) is 0 Å². The molecule has 0 radical (unpaired) electrons. The topological polar surface area (TPSA) is 67.4 Å². The zero-order valence-electron chi connectivity index (χ0n) is 13.1. The number of alkyl halides is 3. The maximum Gasteiger partial charge on any atom is 0.433 e. The third-order valence-electron chi connectivity index (χ3n) is 3.51. The van der Waals surface area contributed by atoms with Crippen LogP contribution in [0.4, 0.5) is 13.2 Å². The highest BCUT2D eigenvalue weighted by molar-refractivity contribution is 5.64. The van der Waals surface area contributed by atoms with Gasteiger partial charge in [0, 0.05) is 23.7 Å². The lowest BCUT2D eigenvalue weighted by atomic mass is 10.1. The highest BCUT2D eigenvalue weighted by atomic mass is 19.4. The first-order valence-electron chi connectivity index (χ1n) is 7.31. The van der Waals surface area contributed by atoms with Gasteiger partial charge in [-0.1, -0.05) is 12.1 Å². The van der Waals surface area contributed by atoms with E-state index in [1.54, 1.807) is 35.0 Å². The summed E-state index contributed by atoms with van der Waals surface area (Å²) in [6.07, 6.45) is -1.40. The first-order chi connectivity index (χ1) is 11.9. The number of hydrogen-bond acceptors (Lipinski definition) is 4. The number of aryl methyl sites for hydroxylation is 1. The Morgan fingerprint density at radius 1 is 1.20 bits per heavy atom. The number of hydrogen-bond donors (Lipinski definition) is 0. The van der Waals surface area contributed by atoms with E-state index in [1.165, 1.54) is 13.1 Å². The Morgan fingerprint density at radius 2 is 1.96 bits per heavy atom. The monoisotopic (exact) mass is 343 g/mol. The largest absolute Gasteiger partial charge is 0.433 e. The Morgan fingerprint density at radius 3 is 2.68 bits per heavy atom. The van der Waals surface area contributed by atoms with Gasteiger partial charge in [0.25, 0.3) is 0 Å². The van der Waals surface area contributed by atoms with Crippen LogP contribution in [0.25, 0.3) is 11.4 Å². The number of halogens is 3. The molecule has 3 rings (SSSR count). The molecule has 126 valence electrons. The summed E-state index contributed by atoms with van der Waals surface area (Å²) < 4.78 is 40.4. The van der Waals surface area contributed by atoms with E-state index in [9.17, 15) is 18.4 Å².